The Morgan fingerprint density at radius 2 is 0.889 bits per heavy atom. The van der Waals surface area contributed by atoms with Gasteiger partial charge < -0.3 is 9.13 Å². The van der Waals surface area contributed by atoms with Crippen LogP contribution in [0.1, 0.15) is 42.7 Å². The second kappa shape index (κ2) is 11.9. The Balaban J connectivity index is 1.23. The van der Waals surface area contributed by atoms with Crippen LogP contribution in [0.25, 0.3) is 43.6 Å². The first-order chi connectivity index (χ1) is 22.2. The van der Waals surface area contributed by atoms with E-state index in [2.05, 4.69) is 150 Å². The highest BCUT2D eigenvalue weighted by atomic mass is 79.9. The number of rotatable bonds is 8. The second-order valence-electron chi connectivity index (χ2n) is 11.6. The van der Waals surface area contributed by atoms with Crippen molar-refractivity contribution in [2.75, 3.05) is 0 Å². The van der Waals surface area contributed by atoms with E-state index in [1.807, 2.05) is 24.5 Å². The molecule has 4 heterocycles. The lowest BCUT2D eigenvalue weighted by Gasteiger charge is -2.24. The van der Waals surface area contributed by atoms with Crippen LogP contribution in [-0.2, 0) is 0 Å². The van der Waals surface area contributed by atoms with Crippen LogP contribution in [0.3, 0.4) is 0 Å². The summed E-state index contributed by atoms with van der Waals surface area (Å²) in [6.07, 6.45) is 6.69. The largest absolute Gasteiger partial charge is 0.331 e. The SMILES string of the molecule is Brc1ccc2c(c1)c1ccccc1n2C(CCCC(c1ccccn1)n1c2ccccc2c2cc(Br)ccc21)c1ccccn1. The Morgan fingerprint density at radius 3 is 1.33 bits per heavy atom. The minimum atomic E-state index is 0.0771. The van der Waals surface area contributed by atoms with Crippen LogP contribution >= 0.6 is 31.9 Å². The van der Waals surface area contributed by atoms with E-state index >= 15 is 0 Å². The summed E-state index contributed by atoms with van der Waals surface area (Å²) in [5, 5.41) is 5.03. The molecule has 8 rings (SSSR count). The van der Waals surface area contributed by atoms with Gasteiger partial charge in [0.25, 0.3) is 0 Å². The standard InChI is InChI=1S/C39H30Br2N4/c40-26-18-20-36-30(24-26)28-10-1-3-14-34(28)44(36)38(32-12-5-7-22-42-32)16-9-17-39(33-13-6-8-23-43-33)45-35-15-4-2-11-29(35)31-25-27(41)19-21-37(31)45/h1-8,10-15,18-25,38-39H,9,16-17H2. The molecule has 0 aliphatic rings. The highest BCUT2D eigenvalue weighted by Gasteiger charge is 2.25. The molecule has 4 nitrogen and oxygen atoms in total. The molecule has 0 saturated carbocycles. The number of halogens is 2. The van der Waals surface area contributed by atoms with Crippen molar-refractivity contribution in [2.45, 2.75) is 31.3 Å². The topological polar surface area (TPSA) is 35.6 Å². The number of fused-ring (bicyclic) bond motifs is 6. The lowest BCUT2D eigenvalue weighted by molar-refractivity contribution is 0.467. The van der Waals surface area contributed by atoms with Crippen molar-refractivity contribution < 1.29 is 0 Å². The summed E-state index contributed by atoms with van der Waals surface area (Å²) >= 11 is 7.43. The summed E-state index contributed by atoms with van der Waals surface area (Å²) in [5.41, 5.74) is 7.08. The van der Waals surface area contributed by atoms with Gasteiger partial charge in [-0.25, -0.2) is 0 Å². The first-order valence-corrected chi connectivity index (χ1v) is 16.9. The average Bonchev–Trinajstić information content (AvgIpc) is 3.58. The molecule has 220 valence electrons. The van der Waals surface area contributed by atoms with Gasteiger partial charge in [-0.15, -0.1) is 0 Å². The fourth-order valence-electron chi connectivity index (χ4n) is 7.09. The van der Waals surface area contributed by atoms with Crippen molar-refractivity contribution in [2.24, 2.45) is 0 Å². The van der Waals surface area contributed by atoms with E-state index in [0.29, 0.717) is 0 Å². The summed E-state index contributed by atoms with van der Waals surface area (Å²) in [4.78, 5) is 9.82. The number of para-hydroxylation sites is 2. The van der Waals surface area contributed by atoms with Gasteiger partial charge in [0, 0.05) is 65.0 Å². The van der Waals surface area contributed by atoms with Gasteiger partial charge in [0.15, 0.2) is 0 Å². The van der Waals surface area contributed by atoms with Gasteiger partial charge in [-0.2, -0.15) is 0 Å². The van der Waals surface area contributed by atoms with Crippen molar-refractivity contribution in [1.29, 1.82) is 0 Å². The fourth-order valence-corrected chi connectivity index (χ4v) is 7.81. The average molecular weight is 715 g/mol. The molecule has 4 aromatic heterocycles. The third kappa shape index (κ3) is 5.06. The molecule has 4 aromatic carbocycles. The van der Waals surface area contributed by atoms with Gasteiger partial charge >= 0.3 is 0 Å². The first-order valence-electron chi connectivity index (χ1n) is 15.4. The number of nitrogens with zero attached hydrogens (tertiary/aromatic N) is 4. The maximum Gasteiger partial charge on any atom is 0.0763 e. The minimum Gasteiger partial charge on any atom is -0.331 e. The van der Waals surface area contributed by atoms with Crippen molar-refractivity contribution in [1.82, 2.24) is 19.1 Å². The number of benzene rings is 4. The van der Waals surface area contributed by atoms with E-state index in [9.17, 15) is 0 Å². The zero-order chi connectivity index (χ0) is 30.3. The molecule has 8 aromatic rings. The van der Waals surface area contributed by atoms with E-state index in [0.717, 1.165) is 39.6 Å². The Bertz CT molecular complexity index is 2130. The Labute approximate surface area is 278 Å². The van der Waals surface area contributed by atoms with Crippen LogP contribution in [0.5, 0.6) is 0 Å². The summed E-state index contributed by atoms with van der Waals surface area (Å²) in [7, 11) is 0. The molecule has 2 atom stereocenters. The van der Waals surface area contributed by atoms with Crippen molar-refractivity contribution in [3.63, 3.8) is 0 Å². The van der Waals surface area contributed by atoms with Gasteiger partial charge in [-0.3, -0.25) is 9.97 Å². The van der Waals surface area contributed by atoms with E-state index in [1.165, 1.54) is 43.6 Å². The molecule has 0 bridgehead atoms. The van der Waals surface area contributed by atoms with Crippen LogP contribution < -0.4 is 0 Å². The normalized spacial score (nSPS) is 13.2. The maximum atomic E-state index is 4.91. The van der Waals surface area contributed by atoms with Crippen molar-refractivity contribution in [3.8, 4) is 0 Å². The molecule has 0 aliphatic carbocycles. The third-order valence-corrected chi connectivity index (χ3v) is 9.97. The summed E-state index contributed by atoms with van der Waals surface area (Å²) in [6, 6.07) is 43.4. The highest BCUT2D eigenvalue weighted by Crippen LogP contribution is 2.40. The lowest BCUT2D eigenvalue weighted by atomic mass is 9.99. The van der Waals surface area contributed by atoms with E-state index in [4.69, 9.17) is 9.97 Å². The molecule has 0 radical (unpaired) electrons. The van der Waals surface area contributed by atoms with E-state index in [1.54, 1.807) is 0 Å². The molecular formula is C39H30Br2N4. The van der Waals surface area contributed by atoms with Gasteiger partial charge in [-0.1, -0.05) is 80.4 Å². The molecule has 0 N–H and O–H groups in total. The molecule has 2 unspecified atom stereocenters. The van der Waals surface area contributed by atoms with E-state index < -0.39 is 0 Å². The molecule has 6 heteroatoms. The van der Waals surface area contributed by atoms with Crippen LogP contribution in [-0.4, -0.2) is 19.1 Å². The van der Waals surface area contributed by atoms with E-state index in [-0.39, 0.29) is 12.1 Å². The molecule has 45 heavy (non-hydrogen) atoms. The number of hydrogen-bond donors (Lipinski definition) is 0. The zero-order valence-corrected chi connectivity index (χ0v) is 27.7. The quantitative estimate of drug-likeness (QED) is 0.157. The molecular weight excluding hydrogens is 684 g/mol. The monoisotopic (exact) mass is 712 g/mol. The smallest absolute Gasteiger partial charge is 0.0763 e. The third-order valence-electron chi connectivity index (χ3n) is 8.98. The predicted octanol–water partition coefficient (Wildman–Crippen LogP) is 11.3. The second-order valence-corrected chi connectivity index (χ2v) is 13.4. The fraction of sp³-hybridized carbons (Fsp3) is 0.128. The molecule has 0 amide bonds. The number of pyridine rings is 2. The molecule has 0 aliphatic heterocycles. The Kier molecular flexibility index (Phi) is 7.48. The van der Waals surface area contributed by atoms with Crippen molar-refractivity contribution >= 4 is 75.5 Å². The van der Waals surface area contributed by atoms with Crippen LogP contribution in [0.2, 0.25) is 0 Å². The zero-order valence-electron chi connectivity index (χ0n) is 24.5. The maximum absolute atomic E-state index is 4.91. The number of hydrogen-bond acceptors (Lipinski definition) is 2. The first kappa shape index (κ1) is 28.2. The van der Waals surface area contributed by atoms with Gasteiger partial charge in [0.2, 0.25) is 0 Å². The number of aromatic nitrogens is 4. The van der Waals surface area contributed by atoms with Crippen LogP contribution in [0.15, 0.2) is 143 Å². The van der Waals surface area contributed by atoms with Crippen LogP contribution in [0.4, 0.5) is 0 Å². The summed E-state index contributed by atoms with van der Waals surface area (Å²) in [5.74, 6) is 0. The lowest BCUT2D eigenvalue weighted by Crippen LogP contribution is -2.15. The predicted molar refractivity (Wildman–Crippen MR) is 193 cm³/mol. The van der Waals surface area contributed by atoms with Crippen LogP contribution in [0, 0.1) is 0 Å². The van der Waals surface area contributed by atoms with Gasteiger partial charge in [0.1, 0.15) is 0 Å². The highest BCUT2D eigenvalue weighted by molar-refractivity contribution is 9.10. The van der Waals surface area contributed by atoms with Gasteiger partial charge in [0.05, 0.1) is 23.5 Å². The molecule has 0 spiro atoms. The van der Waals surface area contributed by atoms with Gasteiger partial charge in [-0.05, 0) is 92.1 Å². The minimum absolute atomic E-state index is 0.0771. The summed E-state index contributed by atoms with van der Waals surface area (Å²) < 4.78 is 7.19. The Morgan fingerprint density at radius 1 is 0.467 bits per heavy atom. The Hall–Kier alpha value is -4.26. The molecule has 0 saturated heterocycles. The molecule has 0 fully saturated rings. The summed E-state index contributed by atoms with van der Waals surface area (Å²) in [6.45, 7) is 0. The van der Waals surface area contributed by atoms with Crippen molar-refractivity contribution in [3.05, 3.63) is 154 Å².